The van der Waals surface area contributed by atoms with E-state index in [2.05, 4.69) is 13.0 Å². The normalized spacial score (nSPS) is 18.0. The number of amides is 1. The topological polar surface area (TPSA) is 20.3 Å². The smallest absolute Gasteiger partial charge is 0.254 e. The molecule has 0 aromatic rings. The zero-order chi connectivity index (χ0) is 12.7. The molecule has 0 atom stereocenters. The van der Waals surface area contributed by atoms with Crippen molar-refractivity contribution in [1.82, 2.24) is 4.90 Å². The molecule has 1 amide bonds. The van der Waals surface area contributed by atoms with Gasteiger partial charge in [-0.15, -0.1) is 0 Å². The molecule has 2 heteroatoms. The first-order chi connectivity index (χ1) is 7.70. The number of carbonyl (C=O) groups excluding carboxylic acids is 1. The summed E-state index contributed by atoms with van der Waals surface area (Å²) in [6.45, 7) is 10.9. The lowest BCUT2D eigenvalue weighted by molar-refractivity contribution is -0.123. The Hall–Kier alpha value is -1.05. The van der Waals surface area contributed by atoms with Gasteiger partial charge < -0.3 is 4.90 Å². The lowest BCUT2D eigenvalue weighted by Gasteiger charge is -2.09. The van der Waals surface area contributed by atoms with Crippen LogP contribution < -0.4 is 0 Å². The number of hydrogen-bond donors (Lipinski definition) is 0. The van der Waals surface area contributed by atoms with Gasteiger partial charge in [-0.05, 0) is 25.3 Å². The molecule has 0 unspecified atom stereocenters. The molecule has 16 heavy (non-hydrogen) atoms. The van der Waals surface area contributed by atoms with Crippen molar-refractivity contribution < 1.29 is 4.79 Å². The summed E-state index contributed by atoms with van der Waals surface area (Å²) in [6, 6.07) is 0. The van der Waals surface area contributed by atoms with Crippen LogP contribution >= 0.6 is 0 Å². The SMILES string of the molecule is CC.CC.CC1=C2C(=O)N(C)CC2=CCC1. The summed E-state index contributed by atoms with van der Waals surface area (Å²) >= 11 is 0. The molecule has 0 radical (unpaired) electrons. The second kappa shape index (κ2) is 7.26. The van der Waals surface area contributed by atoms with E-state index in [-0.39, 0.29) is 5.91 Å². The molecule has 1 fully saturated rings. The fourth-order valence-corrected chi connectivity index (χ4v) is 1.95. The minimum absolute atomic E-state index is 0.207. The highest BCUT2D eigenvalue weighted by atomic mass is 16.2. The van der Waals surface area contributed by atoms with Crippen molar-refractivity contribution in [2.24, 2.45) is 0 Å². The number of carbonyl (C=O) groups is 1. The van der Waals surface area contributed by atoms with Crippen molar-refractivity contribution in [3.63, 3.8) is 0 Å². The van der Waals surface area contributed by atoms with E-state index in [1.165, 1.54) is 11.1 Å². The van der Waals surface area contributed by atoms with E-state index in [1.807, 2.05) is 34.7 Å². The van der Waals surface area contributed by atoms with Crippen molar-refractivity contribution in [2.75, 3.05) is 13.6 Å². The molecule has 0 saturated carbocycles. The largest absolute Gasteiger partial charge is 0.337 e. The molecule has 92 valence electrons. The molecule has 1 aliphatic heterocycles. The fourth-order valence-electron chi connectivity index (χ4n) is 1.95. The molecule has 1 saturated heterocycles. The van der Waals surface area contributed by atoms with E-state index < -0.39 is 0 Å². The molecule has 1 heterocycles. The Kier molecular flexibility index (Phi) is 6.78. The van der Waals surface area contributed by atoms with Crippen LogP contribution in [0.2, 0.25) is 0 Å². The Balaban J connectivity index is 0.000000509. The van der Waals surface area contributed by atoms with Gasteiger partial charge in [-0.1, -0.05) is 39.3 Å². The first-order valence-corrected chi connectivity index (χ1v) is 6.35. The van der Waals surface area contributed by atoms with Gasteiger partial charge in [-0.2, -0.15) is 0 Å². The van der Waals surface area contributed by atoms with Crippen LogP contribution in [0.25, 0.3) is 0 Å². The van der Waals surface area contributed by atoms with Gasteiger partial charge in [0.05, 0.1) is 0 Å². The summed E-state index contributed by atoms with van der Waals surface area (Å²) in [5.41, 5.74) is 3.50. The number of likely N-dealkylation sites (N-methyl/N-ethyl adjacent to an activating group) is 1. The Labute approximate surface area is 100 Å². The minimum atomic E-state index is 0.207. The summed E-state index contributed by atoms with van der Waals surface area (Å²) in [5.74, 6) is 0.207. The van der Waals surface area contributed by atoms with Crippen molar-refractivity contribution >= 4 is 5.91 Å². The average molecular weight is 223 g/mol. The molecule has 2 aliphatic rings. The predicted molar refractivity (Wildman–Crippen MR) is 70.4 cm³/mol. The molecule has 2 rings (SSSR count). The highest BCUT2D eigenvalue weighted by Crippen LogP contribution is 2.31. The van der Waals surface area contributed by atoms with E-state index in [9.17, 15) is 4.79 Å². The van der Waals surface area contributed by atoms with E-state index in [4.69, 9.17) is 0 Å². The van der Waals surface area contributed by atoms with Gasteiger partial charge in [0.1, 0.15) is 0 Å². The lowest BCUT2D eigenvalue weighted by atomic mass is 9.94. The summed E-state index contributed by atoms with van der Waals surface area (Å²) in [6.07, 6.45) is 4.36. The first kappa shape index (κ1) is 14.9. The van der Waals surface area contributed by atoms with Gasteiger partial charge in [0, 0.05) is 19.2 Å². The maximum absolute atomic E-state index is 11.6. The van der Waals surface area contributed by atoms with Crippen molar-refractivity contribution in [3.05, 3.63) is 22.8 Å². The Morgan fingerprint density at radius 1 is 1.19 bits per heavy atom. The molecule has 0 bridgehead atoms. The van der Waals surface area contributed by atoms with Crippen molar-refractivity contribution in [2.45, 2.75) is 47.5 Å². The first-order valence-electron chi connectivity index (χ1n) is 6.35. The molecular weight excluding hydrogens is 198 g/mol. The van der Waals surface area contributed by atoms with Crippen LogP contribution in [0.15, 0.2) is 22.8 Å². The molecule has 2 nitrogen and oxygen atoms in total. The van der Waals surface area contributed by atoms with Crippen molar-refractivity contribution in [3.8, 4) is 0 Å². The molecule has 0 spiro atoms. The molecular formula is C14H25NO. The number of fused-ring (bicyclic) bond motifs is 1. The maximum Gasteiger partial charge on any atom is 0.254 e. The summed E-state index contributed by atoms with van der Waals surface area (Å²) < 4.78 is 0. The van der Waals surface area contributed by atoms with Crippen LogP contribution in [-0.4, -0.2) is 24.4 Å². The van der Waals surface area contributed by atoms with E-state index in [1.54, 1.807) is 4.90 Å². The van der Waals surface area contributed by atoms with E-state index >= 15 is 0 Å². The number of allylic oxidation sites excluding steroid dienone is 2. The van der Waals surface area contributed by atoms with Gasteiger partial charge in [0.2, 0.25) is 0 Å². The minimum Gasteiger partial charge on any atom is -0.337 e. The summed E-state index contributed by atoms with van der Waals surface area (Å²) in [5, 5.41) is 0. The van der Waals surface area contributed by atoms with Crippen LogP contribution in [-0.2, 0) is 4.79 Å². The monoisotopic (exact) mass is 223 g/mol. The lowest BCUT2D eigenvalue weighted by Crippen LogP contribution is -2.19. The van der Waals surface area contributed by atoms with Gasteiger partial charge in [0.15, 0.2) is 0 Å². The van der Waals surface area contributed by atoms with Gasteiger partial charge in [0.25, 0.3) is 5.91 Å². The van der Waals surface area contributed by atoms with Crippen LogP contribution in [0.3, 0.4) is 0 Å². The molecule has 0 aromatic heterocycles. The third kappa shape index (κ3) is 2.97. The van der Waals surface area contributed by atoms with Gasteiger partial charge >= 0.3 is 0 Å². The molecule has 1 aliphatic carbocycles. The third-order valence-electron chi connectivity index (χ3n) is 2.63. The Bertz CT molecular complexity index is 300. The zero-order valence-corrected chi connectivity index (χ0v) is 11.6. The summed E-state index contributed by atoms with van der Waals surface area (Å²) in [4.78, 5) is 13.4. The number of hydrogen-bond acceptors (Lipinski definition) is 1. The number of likely N-dealkylation sites (tertiary alicyclic amines) is 1. The summed E-state index contributed by atoms with van der Waals surface area (Å²) in [7, 11) is 1.86. The van der Waals surface area contributed by atoms with Gasteiger partial charge in [-0.25, -0.2) is 0 Å². The standard InChI is InChI=1S/C10H13NO.2C2H6/c1-7-4-3-5-8-6-11(2)10(12)9(7)8;2*1-2/h5H,3-4,6H2,1-2H3;2*1-2H3. The second-order valence-electron chi connectivity index (χ2n) is 3.58. The maximum atomic E-state index is 11.6. The van der Waals surface area contributed by atoms with E-state index in [0.29, 0.717) is 0 Å². The molecule has 0 N–H and O–H groups in total. The fraction of sp³-hybridized carbons (Fsp3) is 0.643. The van der Waals surface area contributed by atoms with E-state index in [0.717, 1.165) is 25.0 Å². The van der Waals surface area contributed by atoms with Crippen LogP contribution in [0.1, 0.15) is 47.5 Å². The highest BCUT2D eigenvalue weighted by Gasteiger charge is 2.30. The van der Waals surface area contributed by atoms with Crippen LogP contribution in [0, 0.1) is 0 Å². The van der Waals surface area contributed by atoms with Crippen LogP contribution in [0.4, 0.5) is 0 Å². The second-order valence-corrected chi connectivity index (χ2v) is 3.58. The quantitative estimate of drug-likeness (QED) is 0.615. The van der Waals surface area contributed by atoms with Crippen LogP contribution in [0.5, 0.6) is 0 Å². The predicted octanol–water partition coefficient (Wildman–Crippen LogP) is 3.55. The third-order valence-corrected chi connectivity index (χ3v) is 2.63. The number of rotatable bonds is 0. The number of nitrogens with zero attached hydrogens (tertiary/aromatic N) is 1. The highest BCUT2D eigenvalue weighted by molar-refractivity contribution is 6.02. The molecule has 0 aromatic carbocycles. The van der Waals surface area contributed by atoms with Gasteiger partial charge in [-0.3, -0.25) is 4.79 Å². The zero-order valence-electron chi connectivity index (χ0n) is 11.6. The average Bonchev–Trinajstić information content (AvgIpc) is 2.62. The van der Waals surface area contributed by atoms with Crippen molar-refractivity contribution in [1.29, 1.82) is 0 Å². The Morgan fingerprint density at radius 3 is 2.25 bits per heavy atom. The Morgan fingerprint density at radius 2 is 1.75 bits per heavy atom.